The van der Waals surface area contributed by atoms with Crippen LogP contribution in [0, 0.1) is 11.8 Å². The molecule has 0 aromatic rings. The summed E-state index contributed by atoms with van der Waals surface area (Å²) >= 11 is 0. The Morgan fingerprint density at radius 2 is 2.00 bits per heavy atom. The highest BCUT2D eigenvalue weighted by atomic mass is 16.5. The molecule has 1 saturated carbocycles. The summed E-state index contributed by atoms with van der Waals surface area (Å²) in [6, 6.07) is 0. The molecule has 0 bridgehead atoms. The lowest BCUT2D eigenvalue weighted by Crippen LogP contribution is -2.36. The van der Waals surface area contributed by atoms with Crippen LogP contribution in [0.1, 0.15) is 65.2 Å². The zero-order valence-electron chi connectivity index (χ0n) is 13.6. The number of rotatable bonds is 11. The van der Waals surface area contributed by atoms with Gasteiger partial charge in [-0.25, -0.2) is 0 Å². The van der Waals surface area contributed by atoms with Crippen LogP contribution in [-0.4, -0.2) is 37.5 Å². The van der Waals surface area contributed by atoms with E-state index in [1.807, 2.05) is 0 Å². The minimum Gasteiger partial charge on any atom is -0.389 e. The summed E-state index contributed by atoms with van der Waals surface area (Å²) in [5.41, 5.74) is 0. The van der Waals surface area contributed by atoms with Crippen molar-refractivity contribution in [3.8, 4) is 0 Å². The maximum Gasteiger partial charge on any atom is 0.0897 e. The molecule has 0 amide bonds. The van der Waals surface area contributed by atoms with E-state index in [9.17, 15) is 5.11 Å². The van der Waals surface area contributed by atoms with E-state index < -0.39 is 0 Å². The Bertz CT molecular complexity index is 223. The standard InChI is InChI=1S/C17H35NO2/c1-3-4-5-8-11-20-14-17(19)13-18-12-16-10-7-6-9-15(16)2/h15-19H,3-14H2,1-2H3. The molecule has 0 spiro atoms. The van der Waals surface area contributed by atoms with Gasteiger partial charge in [0.1, 0.15) is 0 Å². The Balaban J connectivity index is 1.93. The molecule has 0 aliphatic heterocycles. The van der Waals surface area contributed by atoms with Crippen LogP contribution in [0.25, 0.3) is 0 Å². The first-order valence-corrected chi connectivity index (χ1v) is 8.70. The summed E-state index contributed by atoms with van der Waals surface area (Å²) in [7, 11) is 0. The van der Waals surface area contributed by atoms with Gasteiger partial charge in [0, 0.05) is 13.2 Å². The number of aliphatic hydroxyl groups excluding tert-OH is 1. The third kappa shape index (κ3) is 8.23. The van der Waals surface area contributed by atoms with Crippen molar-refractivity contribution in [3.05, 3.63) is 0 Å². The molecular weight excluding hydrogens is 250 g/mol. The molecule has 1 aliphatic carbocycles. The van der Waals surface area contributed by atoms with Crippen molar-refractivity contribution in [2.24, 2.45) is 11.8 Å². The Hall–Kier alpha value is -0.120. The van der Waals surface area contributed by atoms with Gasteiger partial charge in [0.05, 0.1) is 12.7 Å². The maximum atomic E-state index is 9.86. The van der Waals surface area contributed by atoms with Crippen LogP contribution in [0.2, 0.25) is 0 Å². The third-order valence-corrected chi connectivity index (χ3v) is 4.53. The van der Waals surface area contributed by atoms with Crippen LogP contribution in [0.4, 0.5) is 0 Å². The first-order valence-electron chi connectivity index (χ1n) is 8.70. The molecule has 20 heavy (non-hydrogen) atoms. The molecule has 1 aliphatic rings. The molecule has 0 aromatic heterocycles. The van der Waals surface area contributed by atoms with Gasteiger partial charge in [0.25, 0.3) is 0 Å². The van der Waals surface area contributed by atoms with Crippen LogP contribution >= 0.6 is 0 Å². The summed E-state index contributed by atoms with van der Waals surface area (Å²) < 4.78 is 5.52. The zero-order chi connectivity index (χ0) is 14.6. The molecule has 0 heterocycles. The van der Waals surface area contributed by atoms with E-state index in [0.717, 1.165) is 31.4 Å². The highest BCUT2D eigenvalue weighted by Crippen LogP contribution is 2.28. The topological polar surface area (TPSA) is 41.5 Å². The van der Waals surface area contributed by atoms with Crippen molar-refractivity contribution in [2.75, 3.05) is 26.3 Å². The minimum atomic E-state index is -0.361. The molecule has 3 nitrogen and oxygen atoms in total. The smallest absolute Gasteiger partial charge is 0.0897 e. The molecule has 120 valence electrons. The van der Waals surface area contributed by atoms with E-state index in [1.54, 1.807) is 0 Å². The van der Waals surface area contributed by atoms with Gasteiger partial charge in [-0.2, -0.15) is 0 Å². The number of nitrogens with one attached hydrogen (secondary N) is 1. The average Bonchev–Trinajstić information content (AvgIpc) is 2.45. The van der Waals surface area contributed by atoms with Crippen molar-refractivity contribution < 1.29 is 9.84 Å². The Labute approximate surface area is 125 Å². The van der Waals surface area contributed by atoms with Crippen molar-refractivity contribution >= 4 is 0 Å². The maximum absolute atomic E-state index is 9.86. The second-order valence-corrected chi connectivity index (χ2v) is 6.47. The fourth-order valence-corrected chi connectivity index (χ4v) is 3.04. The normalized spacial score (nSPS) is 24.8. The van der Waals surface area contributed by atoms with Gasteiger partial charge < -0.3 is 15.2 Å². The Morgan fingerprint density at radius 1 is 1.20 bits per heavy atom. The molecule has 0 saturated heterocycles. The van der Waals surface area contributed by atoms with Crippen molar-refractivity contribution in [2.45, 2.75) is 71.3 Å². The third-order valence-electron chi connectivity index (χ3n) is 4.53. The molecule has 1 fully saturated rings. The van der Waals surface area contributed by atoms with Crippen molar-refractivity contribution in [1.29, 1.82) is 0 Å². The monoisotopic (exact) mass is 285 g/mol. The first-order chi connectivity index (χ1) is 9.74. The van der Waals surface area contributed by atoms with Crippen LogP contribution in [0.3, 0.4) is 0 Å². The SMILES string of the molecule is CCCCCCOCC(O)CNCC1CCCCC1C. The zero-order valence-corrected chi connectivity index (χ0v) is 13.6. The van der Waals surface area contributed by atoms with Gasteiger partial charge >= 0.3 is 0 Å². The molecular formula is C17H35NO2. The second kappa shape index (κ2) is 11.5. The summed E-state index contributed by atoms with van der Waals surface area (Å²) in [5.74, 6) is 1.63. The second-order valence-electron chi connectivity index (χ2n) is 6.47. The van der Waals surface area contributed by atoms with Crippen molar-refractivity contribution in [3.63, 3.8) is 0 Å². The summed E-state index contributed by atoms with van der Waals surface area (Å²) in [5, 5.41) is 13.3. The number of unbranched alkanes of at least 4 members (excludes halogenated alkanes) is 3. The molecule has 0 aromatic carbocycles. The summed E-state index contributed by atoms with van der Waals surface area (Å²) in [4.78, 5) is 0. The van der Waals surface area contributed by atoms with Gasteiger partial charge in [-0.1, -0.05) is 52.4 Å². The lowest BCUT2D eigenvalue weighted by Gasteiger charge is -2.29. The first kappa shape index (κ1) is 17.9. The van der Waals surface area contributed by atoms with Crippen LogP contribution < -0.4 is 5.32 Å². The van der Waals surface area contributed by atoms with Crippen LogP contribution in [0.15, 0.2) is 0 Å². The molecule has 3 atom stereocenters. The summed E-state index contributed by atoms with van der Waals surface area (Å²) in [6.45, 7) is 7.55. The lowest BCUT2D eigenvalue weighted by atomic mass is 9.80. The van der Waals surface area contributed by atoms with Gasteiger partial charge in [0.15, 0.2) is 0 Å². The highest BCUT2D eigenvalue weighted by Gasteiger charge is 2.20. The molecule has 3 unspecified atom stereocenters. The Morgan fingerprint density at radius 3 is 2.75 bits per heavy atom. The van der Waals surface area contributed by atoms with Gasteiger partial charge in [-0.15, -0.1) is 0 Å². The highest BCUT2D eigenvalue weighted by molar-refractivity contribution is 4.74. The van der Waals surface area contributed by atoms with E-state index in [4.69, 9.17) is 4.74 Å². The summed E-state index contributed by atoms with van der Waals surface area (Å²) in [6.07, 6.45) is 10.0. The van der Waals surface area contributed by atoms with E-state index in [0.29, 0.717) is 13.2 Å². The predicted molar refractivity (Wildman–Crippen MR) is 85.0 cm³/mol. The fraction of sp³-hybridized carbons (Fsp3) is 1.00. The van der Waals surface area contributed by atoms with Gasteiger partial charge in [-0.05, 0) is 31.2 Å². The predicted octanol–water partition coefficient (Wildman–Crippen LogP) is 3.36. The molecule has 2 N–H and O–H groups in total. The fourth-order valence-electron chi connectivity index (χ4n) is 3.04. The van der Waals surface area contributed by atoms with Crippen LogP contribution in [-0.2, 0) is 4.74 Å². The van der Waals surface area contributed by atoms with Gasteiger partial charge in [0.2, 0.25) is 0 Å². The number of hydrogen-bond donors (Lipinski definition) is 2. The molecule has 3 heteroatoms. The molecule has 0 radical (unpaired) electrons. The Kier molecular flexibility index (Phi) is 10.3. The van der Waals surface area contributed by atoms with E-state index in [-0.39, 0.29) is 6.10 Å². The molecule has 1 rings (SSSR count). The number of ether oxygens (including phenoxy) is 1. The quantitative estimate of drug-likeness (QED) is 0.572. The van der Waals surface area contributed by atoms with E-state index >= 15 is 0 Å². The minimum absolute atomic E-state index is 0.361. The average molecular weight is 285 g/mol. The van der Waals surface area contributed by atoms with Crippen molar-refractivity contribution in [1.82, 2.24) is 5.32 Å². The largest absolute Gasteiger partial charge is 0.389 e. The lowest BCUT2D eigenvalue weighted by molar-refractivity contribution is 0.0345. The van der Waals surface area contributed by atoms with E-state index in [1.165, 1.54) is 44.9 Å². The van der Waals surface area contributed by atoms with Crippen LogP contribution in [0.5, 0.6) is 0 Å². The van der Waals surface area contributed by atoms with E-state index in [2.05, 4.69) is 19.2 Å². The number of hydrogen-bond acceptors (Lipinski definition) is 3. The van der Waals surface area contributed by atoms with Gasteiger partial charge in [-0.3, -0.25) is 0 Å². The number of aliphatic hydroxyl groups is 1.